The van der Waals surface area contributed by atoms with E-state index in [9.17, 15) is 5.26 Å². The van der Waals surface area contributed by atoms with Crippen molar-refractivity contribution in [1.82, 2.24) is 5.32 Å². The molecule has 1 atom stereocenters. The minimum absolute atomic E-state index is 0.487. The molecule has 0 amide bonds. The Labute approximate surface area is 120 Å². The molecule has 1 unspecified atom stereocenters. The Hall–Kier alpha value is -1.53. The van der Waals surface area contributed by atoms with Gasteiger partial charge in [0.05, 0.1) is 13.2 Å². The molecule has 0 bridgehead atoms. The van der Waals surface area contributed by atoms with Crippen molar-refractivity contribution in [2.24, 2.45) is 0 Å². The zero-order valence-corrected chi connectivity index (χ0v) is 12.1. The average Bonchev–Trinajstić information content (AvgIpc) is 2.87. The molecule has 106 valence electrons. The number of nitrogens with zero attached hydrogens (tertiary/aromatic N) is 1. The van der Waals surface area contributed by atoms with E-state index in [-0.39, 0.29) is 0 Å². The van der Waals surface area contributed by atoms with Crippen LogP contribution < -0.4 is 10.1 Å². The largest absolute Gasteiger partial charge is 0.497 e. The molecule has 20 heavy (non-hydrogen) atoms. The van der Waals surface area contributed by atoms with Crippen molar-refractivity contribution in [2.75, 3.05) is 7.11 Å². The van der Waals surface area contributed by atoms with Crippen LogP contribution in [0, 0.1) is 11.3 Å². The maximum absolute atomic E-state index is 9.80. The molecule has 1 saturated carbocycles. The van der Waals surface area contributed by atoms with Gasteiger partial charge >= 0.3 is 0 Å². The number of nitrogens with one attached hydrogen (secondary N) is 1. The first kappa shape index (κ1) is 13.5. The van der Waals surface area contributed by atoms with Gasteiger partial charge in [0.2, 0.25) is 0 Å². The zero-order valence-electron chi connectivity index (χ0n) is 12.1. The molecule has 0 heterocycles. The zero-order chi connectivity index (χ0) is 14.0. The first-order valence-corrected chi connectivity index (χ1v) is 7.64. The molecule has 3 rings (SSSR count). The normalized spacial score (nSPS) is 26.0. The van der Waals surface area contributed by atoms with Crippen molar-refractivity contribution in [1.29, 1.82) is 5.26 Å². The summed E-state index contributed by atoms with van der Waals surface area (Å²) in [5, 5.41) is 13.5. The number of benzene rings is 1. The van der Waals surface area contributed by atoms with Crippen molar-refractivity contribution in [3.8, 4) is 11.8 Å². The Bertz CT molecular complexity index is 528. The number of hydrogen-bond acceptors (Lipinski definition) is 3. The van der Waals surface area contributed by atoms with E-state index >= 15 is 0 Å². The van der Waals surface area contributed by atoms with E-state index in [1.165, 1.54) is 37.7 Å². The quantitative estimate of drug-likeness (QED) is 0.916. The summed E-state index contributed by atoms with van der Waals surface area (Å²) in [6, 6.07) is 9.20. The molecule has 0 saturated heterocycles. The van der Waals surface area contributed by atoms with E-state index in [2.05, 4.69) is 17.5 Å². The first-order valence-electron chi connectivity index (χ1n) is 7.64. The number of rotatable bonds is 3. The Morgan fingerprint density at radius 3 is 2.80 bits per heavy atom. The molecule has 0 spiro atoms. The number of hydrogen-bond donors (Lipinski definition) is 1. The van der Waals surface area contributed by atoms with Gasteiger partial charge in [0.1, 0.15) is 11.3 Å². The van der Waals surface area contributed by atoms with Crippen LogP contribution in [0.3, 0.4) is 0 Å². The van der Waals surface area contributed by atoms with E-state index in [0.717, 1.165) is 24.2 Å². The highest BCUT2D eigenvalue weighted by Gasteiger charge is 2.40. The minimum Gasteiger partial charge on any atom is -0.497 e. The Balaban J connectivity index is 1.89. The molecule has 1 N–H and O–H groups in total. The van der Waals surface area contributed by atoms with Crippen LogP contribution in [-0.4, -0.2) is 13.2 Å². The van der Waals surface area contributed by atoms with Crippen molar-refractivity contribution in [2.45, 2.75) is 56.5 Å². The van der Waals surface area contributed by atoms with Gasteiger partial charge in [-0.1, -0.05) is 25.3 Å². The first-order chi connectivity index (χ1) is 9.77. The SMILES string of the molecule is COc1ccc2c(c1)C(C#N)(NC1CCCCC1)CC2. The lowest BCUT2D eigenvalue weighted by molar-refractivity contribution is 0.295. The van der Waals surface area contributed by atoms with E-state index in [1.54, 1.807) is 7.11 Å². The summed E-state index contributed by atoms with van der Waals surface area (Å²) in [4.78, 5) is 0. The molecule has 1 aromatic rings. The van der Waals surface area contributed by atoms with Crippen molar-refractivity contribution in [3.63, 3.8) is 0 Å². The fraction of sp³-hybridized carbons (Fsp3) is 0.588. The fourth-order valence-electron chi connectivity index (χ4n) is 3.65. The standard InChI is InChI=1S/C17H22N2O/c1-20-15-8-7-13-9-10-17(12-18,16(13)11-15)19-14-5-3-2-4-6-14/h7-8,11,14,19H,2-6,9-10H2,1H3. The molecule has 1 aromatic carbocycles. The molecule has 1 fully saturated rings. The predicted molar refractivity (Wildman–Crippen MR) is 78.6 cm³/mol. The average molecular weight is 270 g/mol. The molecule has 0 aromatic heterocycles. The molecule has 2 aliphatic rings. The van der Waals surface area contributed by atoms with E-state index in [1.807, 2.05) is 12.1 Å². The molecule has 3 heteroatoms. The van der Waals surface area contributed by atoms with Gasteiger partial charge in [-0.3, -0.25) is 5.32 Å². The second-order valence-electron chi connectivity index (χ2n) is 6.02. The summed E-state index contributed by atoms with van der Waals surface area (Å²) >= 11 is 0. The highest BCUT2D eigenvalue weighted by molar-refractivity contribution is 5.47. The third-order valence-electron chi connectivity index (χ3n) is 4.79. The van der Waals surface area contributed by atoms with Crippen molar-refractivity contribution >= 4 is 0 Å². The van der Waals surface area contributed by atoms with Gasteiger partial charge in [-0.15, -0.1) is 0 Å². The summed E-state index contributed by atoms with van der Waals surface area (Å²) in [5.41, 5.74) is 1.91. The van der Waals surface area contributed by atoms with Crippen LogP contribution in [0.1, 0.15) is 49.7 Å². The second-order valence-corrected chi connectivity index (χ2v) is 6.02. The maximum Gasteiger partial charge on any atom is 0.133 e. The van der Waals surface area contributed by atoms with Gasteiger partial charge in [0, 0.05) is 6.04 Å². The lowest BCUT2D eigenvalue weighted by Gasteiger charge is -2.32. The van der Waals surface area contributed by atoms with Crippen LogP contribution in [-0.2, 0) is 12.0 Å². The maximum atomic E-state index is 9.80. The Kier molecular flexibility index (Phi) is 3.67. The lowest BCUT2D eigenvalue weighted by atomic mass is 9.88. The van der Waals surface area contributed by atoms with Crippen LogP contribution in [0.25, 0.3) is 0 Å². The van der Waals surface area contributed by atoms with Gasteiger partial charge in [0.25, 0.3) is 0 Å². The summed E-state index contributed by atoms with van der Waals surface area (Å²) in [6.07, 6.45) is 8.15. The number of aryl methyl sites for hydroxylation is 1. The van der Waals surface area contributed by atoms with Crippen molar-refractivity contribution in [3.05, 3.63) is 29.3 Å². The van der Waals surface area contributed by atoms with Gasteiger partial charge in [-0.05, 0) is 48.9 Å². The summed E-state index contributed by atoms with van der Waals surface area (Å²) in [5.74, 6) is 0.843. The summed E-state index contributed by atoms with van der Waals surface area (Å²) in [7, 11) is 1.68. The summed E-state index contributed by atoms with van der Waals surface area (Å²) in [6.45, 7) is 0. The molecular weight excluding hydrogens is 248 g/mol. The van der Waals surface area contributed by atoms with Gasteiger partial charge < -0.3 is 4.74 Å². The van der Waals surface area contributed by atoms with Gasteiger partial charge in [-0.2, -0.15) is 5.26 Å². The number of fused-ring (bicyclic) bond motifs is 1. The minimum atomic E-state index is -0.508. The van der Waals surface area contributed by atoms with Crippen LogP contribution in [0.2, 0.25) is 0 Å². The number of methoxy groups -OCH3 is 1. The number of nitriles is 1. The van der Waals surface area contributed by atoms with Gasteiger partial charge in [0.15, 0.2) is 0 Å². The fourth-order valence-corrected chi connectivity index (χ4v) is 3.65. The molecule has 0 aliphatic heterocycles. The Morgan fingerprint density at radius 1 is 1.30 bits per heavy atom. The lowest BCUT2D eigenvalue weighted by Crippen LogP contribution is -2.46. The monoisotopic (exact) mass is 270 g/mol. The van der Waals surface area contributed by atoms with Crippen molar-refractivity contribution < 1.29 is 4.74 Å². The number of ether oxygens (including phenoxy) is 1. The van der Waals surface area contributed by atoms with Crippen LogP contribution in [0.15, 0.2) is 18.2 Å². The van der Waals surface area contributed by atoms with Gasteiger partial charge in [-0.25, -0.2) is 0 Å². The summed E-state index contributed by atoms with van der Waals surface area (Å²) < 4.78 is 5.33. The highest BCUT2D eigenvalue weighted by Crippen LogP contribution is 2.39. The highest BCUT2D eigenvalue weighted by atomic mass is 16.5. The molecular formula is C17H22N2O. The third-order valence-corrected chi connectivity index (χ3v) is 4.79. The van der Waals surface area contributed by atoms with Crippen LogP contribution in [0.5, 0.6) is 5.75 Å². The second kappa shape index (κ2) is 5.46. The van der Waals surface area contributed by atoms with Crippen LogP contribution >= 0.6 is 0 Å². The predicted octanol–water partition coefficient (Wildman–Crippen LogP) is 3.28. The third kappa shape index (κ3) is 2.29. The molecule has 0 radical (unpaired) electrons. The van der Waals surface area contributed by atoms with E-state index < -0.39 is 5.54 Å². The topological polar surface area (TPSA) is 45.0 Å². The molecule has 3 nitrogen and oxygen atoms in total. The molecule has 2 aliphatic carbocycles. The van der Waals surface area contributed by atoms with E-state index in [4.69, 9.17) is 4.74 Å². The smallest absolute Gasteiger partial charge is 0.133 e. The van der Waals surface area contributed by atoms with Crippen LogP contribution in [0.4, 0.5) is 0 Å². The Morgan fingerprint density at radius 2 is 2.10 bits per heavy atom. The van der Waals surface area contributed by atoms with E-state index in [0.29, 0.717) is 6.04 Å².